The summed E-state index contributed by atoms with van der Waals surface area (Å²) in [5, 5.41) is 1.58. The Hall–Kier alpha value is -2.15. The van der Waals surface area contributed by atoms with Crippen LogP contribution in [0.25, 0.3) is 0 Å². The quantitative estimate of drug-likeness (QED) is 0.671. The highest BCUT2D eigenvalue weighted by atomic mass is 16.6. The van der Waals surface area contributed by atoms with Gasteiger partial charge >= 0.3 is 6.09 Å². The summed E-state index contributed by atoms with van der Waals surface area (Å²) < 4.78 is 5.20. The van der Waals surface area contributed by atoms with Crippen LogP contribution in [-0.2, 0) is 4.74 Å². The Morgan fingerprint density at radius 1 is 1.37 bits per heavy atom. The van der Waals surface area contributed by atoms with E-state index in [0.717, 1.165) is 11.3 Å². The number of amides is 1. The number of ether oxygens (including phenoxy) is 1. The molecule has 0 aliphatic carbocycles. The third kappa shape index (κ3) is 5.35. The van der Waals surface area contributed by atoms with E-state index in [-0.39, 0.29) is 6.54 Å². The van der Waals surface area contributed by atoms with E-state index in [0.29, 0.717) is 0 Å². The Morgan fingerprint density at radius 2 is 1.95 bits per heavy atom. The number of nitrogens with one attached hydrogen (secondary N) is 1. The van der Waals surface area contributed by atoms with Crippen molar-refractivity contribution in [2.75, 3.05) is 11.6 Å². The van der Waals surface area contributed by atoms with Gasteiger partial charge in [0.1, 0.15) is 12.1 Å². The van der Waals surface area contributed by atoms with Gasteiger partial charge in [-0.1, -0.05) is 23.6 Å². The molecule has 0 unspecified atom stereocenters. The largest absolute Gasteiger partial charge is 0.443 e. The first kappa shape index (κ1) is 14.9. The maximum absolute atomic E-state index is 11.7. The number of anilines is 1. The molecule has 0 saturated carbocycles. The van der Waals surface area contributed by atoms with E-state index in [1.165, 1.54) is 0 Å². The molecule has 1 rings (SSSR count). The van der Waals surface area contributed by atoms with Crippen molar-refractivity contribution in [2.24, 2.45) is 0 Å². The number of hydrazine groups is 1. The van der Waals surface area contributed by atoms with Crippen LogP contribution in [0.4, 0.5) is 10.5 Å². The SMILES string of the molecule is C#CCN(NC(=O)OC(C)(C)C)c1ccc(C)cc1. The molecule has 0 heterocycles. The molecule has 4 nitrogen and oxygen atoms in total. The third-order valence-corrected chi connectivity index (χ3v) is 2.22. The van der Waals surface area contributed by atoms with Crippen LogP contribution in [0, 0.1) is 19.3 Å². The summed E-state index contributed by atoms with van der Waals surface area (Å²) in [6.45, 7) is 7.69. The van der Waals surface area contributed by atoms with E-state index >= 15 is 0 Å². The highest BCUT2D eigenvalue weighted by molar-refractivity contribution is 5.70. The average Bonchev–Trinajstić information content (AvgIpc) is 2.27. The fraction of sp³-hybridized carbons (Fsp3) is 0.400. The van der Waals surface area contributed by atoms with Gasteiger partial charge in [0.2, 0.25) is 0 Å². The molecule has 1 aromatic carbocycles. The summed E-state index contributed by atoms with van der Waals surface area (Å²) in [6.07, 6.45) is 4.79. The van der Waals surface area contributed by atoms with Crippen molar-refractivity contribution >= 4 is 11.8 Å². The maximum Gasteiger partial charge on any atom is 0.426 e. The highest BCUT2D eigenvalue weighted by Crippen LogP contribution is 2.14. The molecule has 0 aliphatic heterocycles. The Labute approximate surface area is 114 Å². The van der Waals surface area contributed by atoms with Crippen LogP contribution in [0.3, 0.4) is 0 Å². The van der Waals surface area contributed by atoms with Crippen LogP contribution < -0.4 is 10.4 Å². The molecular formula is C15H20N2O2. The first-order chi connectivity index (χ1) is 8.81. The third-order valence-electron chi connectivity index (χ3n) is 2.22. The minimum absolute atomic E-state index is 0.266. The molecule has 4 heteroatoms. The number of hydrogen-bond donors (Lipinski definition) is 1. The molecule has 102 valence electrons. The summed E-state index contributed by atoms with van der Waals surface area (Å²) >= 11 is 0. The maximum atomic E-state index is 11.7. The lowest BCUT2D eigenvalue weighted by Crippen LogP contribution is -2.45. The van der Waals surface area contributed by atoms with Crippen molar-refractivity contribution in [1.29, 1.82) is 0 Å². The van der Waals surface area contributed by atoms with E-state index in [9.17, 15) is 4.79 Å². The molecule has 1 N–H and O–H groups in total. The highest BCUT2D eigenvalue weighted by Gasteiger charge is 2.18. The van der Waals surface area contributed by atoms with Gasteiger partial charge in [-0.2, -0.15) is 0 Å². The van der Waals surface area contributed by atoms with Crippen LogP contribution in [0.1, 0.15) is 26.3 Å². The van der Waals surface area contributed by atoms with E-state index in [4.69, 9.17) is 11.2 Å². The van der Waals surface area contributed by atoms with Gasteiger partial charge in [0, 0.05) is 0 Å². The lowest BCUT2D eigenvalue weighted by Gasteiger charge is -2.26. The van der Waals surface area contributed by atoms with Gasteiger partial charge in [0.05, 0.1) is 5.69 Å². The first-order valence-corrected chi connectivity index (χ1v) is 6.09. The summed E-state index contributed by atoms with van der Waals surface area (Å²) in [5.74, 6) is 2.50. The van der Waals surface area contributed by atoms with Crippen molar-refractivity contribution in [3.63, 3.8) is 0 Å². The molecule has 0 aromatic heterocycles. The standard InChI is InChI=1S/C15H20N2O2/c1-6-11-17(13-9-7-12(2)8-10-13)16-14(18)19-15(3,4)5/h1,7-10H,11H2,2-5H3,(H,16,18). The van der Waals surface area contributed by atoms with Crippen LogP contribution in [0.15, 0.2) is 24.3 Å². The Morgan fingerprint density at radius 3 is 2.42 bits per heavy atom. The van der Waals surface area contributed by atoms with Gasteiger partial charge in [-0.05, 0) is 39.8 Å². The van der Waals surface area contributed by atoms with Gasteiger partial charge in [-0.3, -0.25) is 5.01 Å². The van der Waals surface area contributed by atoms with Crippen LogP contribution in [0.5, 0.6) is 0 Å². The summed E-state index contributed by atoms with van der Waals surface area (Å²) in [5.41, 5.74) is 4.05. The monoisotopic (exact) mass is 260 g/mol. The fourth-order valence-corrected chi connectivity index (χ4v) is 1.42. The Balaban J connectivity index is 2.76. The van der Waals surface area contributed by atoms with Crippen molar-refractivity contribution < 1.29 is 9.53 Å². The molecule has 0 spiro atoms. The van der Waals surface area contributed by atoms with Crippen molar-refractivity contribution in [1.82, 2.24) is 5.43 Å². The predicted molar refractivity (Wildman–Crippen MR) is 76.7 cm³/mol. The molecule has 0 radical (unpaired) electrons. The molecule has 1 amide bonds. The minimum atomic E-state index is -0.542. The van der Waals surface area contributed by atoms with Crippen molar-refractivity contribution in [3.05, 3.63) is 29.8 Å². The second-order valence-electron chi connectivity index (χ2n) is 5.24. The number of carbonyl (C=O) groups excluding carboxylic acids is 1. The fourth-order valence-electron chi connectivity index (χ4n) is 1.42. The van der Waals surface area contributed by atoms with Crippen molar-refractivity contribution in [3.8, 4) is 12.3 Å². The predicted octanol–water partition coefficient (Wildman–Crippen LogP) is 2.87. The molecule has 0 atom stereocenters. The van der Waals surface area contributed by atoms with Gasteiger partial charge < -0.3 is 4.74 Å². The second kappa shape index (κ2) is 6.14. The molecule has 19 heavy (non-hydrogen) atoms. The molecular weight excluding hydrogens is 240 g/mol. The molecule has 0 bridgehead atoms. The molecule has 0 saturated heterocycles. The summed E-state index contributed by atoms with van der Waals surface area (Å²) in [4.78, 5) is 11.7. The normalized spacial score (nSPS) is 10.5. The van der Waals surface area contributed by atoms with Gasteiger partial charge in [0.25, 0.3) is 0 Å². The number of hydrogen-bond acceptors (Lipinski definition) is 3. The molecule has 1 aromatic rings. The van der Waals surface area contributed by atoms with Gasteiger partial charge in [0.15, 0.2) is 0 Å². The van der Waals surface area contributed by atoms with E-state index in [1.54, 1.807) is 5.01 Å². The lowest BCUT2D eigenvalue weighted by molar-refractivity contribution is 0.0523. The Bertz CT molecular complexity index is 466. The number of benzene rings is 1. The lowest BCUT2D eigenvalue weighted by atomic mass is 10.2. The van der Waals surface area contributed by atoms with Crippen LogP contribution in [-0.4, -0.2) is 18.2 Å². The van der Waals surface area contributed by atoms with E-state index < -0.39 is 11.7 Å². The van der Waals surface area contributed by atoms with Crippen molar-refractivity contribution in [2.45, 2.75) is 33.3 Å². The molecule has 0 fully saturated rings. The zero-order chi connectivity index (χ0) is 14.5. The topological polar surface area (TPSA) is 41.6 Å². The zero-order valence-electron chi connectivity index (χ0n) is 11.9. The van der Waals surface area contributed by atoms with Gasteiger partial charge in [-0.25, -0.2) is 10.2 Å². The first-order valence-electron chi connectivity index (χ1n) is 6.09. The number of nitrogens with zero attached hydrogens (tertiary/aromatic N) is 1. The Kier molecular flexibility index (Phi) is 4.82. The molecule has 0 aliphatic rings. The number of aryl methyl sites for hydroxylation is 1. The summed E-state index contributed by atoms with van der Waals surface area (Å²) in [6, 6.07) is 7.69. The minimum Gasteiger partial charge on any atom is -0.443 e. The zero-order valence-corrected chi connectivity index (χ0v) is 11.9. The van der Waals surface area contributed by atoms with Gasteiger partial charge in [-0.15, -0.1) is 6.42 Å². The number of carbonyl (C=O) groups is 1. The average molecular weight is 260 g/mol. The smallest absolute Gasteiger partial charge is 0.426 e. The second-order valence-corrected chi connectivity index (χ2v) is 5.24. The number of terminal acetylenes is 1. The summed E-state index contributed by atoms with van der Waals surface area (Å²) in [7, 11) is 0. The van der Waals surface area contributed by atoms with Crippen LogP contribution in [0.2, 0.25) is 0 Å². The number of rotatable bonds is 3. The van der Waals surface area contributed by atoms with Crippen LogP contribution >= 0.6 is 0 Å². The van der Waals surface area contributed by atoms with E-state index in [2.05, 4.69) is 11.3 Å². The van der Waals surface area contributed by atoms with E-state index in [1.807, 2.05) is 52.0 Å².